The van der Waals surface area contributed by atoms with Crippen molar-refractivity contribution in [2.24, 2.45) is 0 Å². The maximum absolute atomic E-state index is 11.6. The molecule has 1 unspecified atom stereocenters. The molecule has 0 spiro atoms. The first-order chi connectivity index (χ1) is 6.34. The summed E-state index contributed by atoms with van der Waals surface area (Å²) >= 11 is 16.5. The van der Waals surface area contributed by atoms with Crippen molar-refractivity contribution in [1.82, 2.24) is 4.57 Å². The molecule has 0 aliphatic carbocycles. The average molecular weight is 342 g/mol. The molecule has 0 amide bonds. The van der Waals surface area contributed by atoms with Crippen LogP contribution in [-0.2, 0) is 32.7 Å². The molecule has 0 aromatic carbocycles. The van der Waals surface area contributed by atoms with E-state index in [0.29, 0.717) is 5.69 Å². The molecule has 0 fully saturated rings. The minimum atomic E-state index is -1.91. The summed E-state index contributed by atoms with van der Waals surface area (Å²) in [5, 5.41) is 0. The first-order valence-electron chi connectivity index (χ1n) is 3.95. The van der Waals surface area contributed by atoms with Gasteiger partial charge in [0, 0.05) is 38.9 Å². The second kappa shape index (κ2) is 6.02. The number of carbonyl (C=O) groups excluding carboxylic acids is 1. The van der Waals surface area contributed by atoms with E-state index in [4.69, 9.17) is 34.8 Å². The maximum Gasteiger partial charge on any atom is 0.255 e. The zero-order chi connectivity index (χ0) is 10.9. The predicted octanol–water partition coefficient (Wildman–Crippen LogP) is 3.43. The quantitative estimate of drug-likeness (QED) is 0.458. The second-order valence-electron chi connectivity index (χ2n) is 2.98. The van der Waals surface area contributed by atoms with Gasteiger partial charge in [-0.3, -0.25) is 4.79 Å². The van der Waals surface area contributed by atoms with E-state index in [1.165, 1.54) is 0 Å². The molecule has 0 aliphatic heterocycles. The Bertz CT molecular complexity index is 343. The minimum Gasteiger partial charge on any atom is -0.372 e. The molecule has 1 radical (unpaired) electrons. The summed E-state index contributed by atoms with van der Waals surface area (Å²) in [4.78, 5) is 11.6. The first-order valence-corrected chi connectivity index (χ1v) is 5.09. The summed E-state index contributed by atoms with van der Waals surface area (Å²) in [6.45, 7) is 5.63. The third-order valence-corrected chi connectivity index (χ3v) is 2.26. The van der Waals surface area contributed by atoms with E-state index in [2.05, 4.69) is 6.92 Å². The second-order valence-corrected chi connectivity index (χ2v) is 5.26. The van der Waals surface area contributed by atoms with Gasteiger partial charge in [-0.05, 0) is 12.1 Å². The van der Waals surface area contributed by atoms with Crippen LogP contribution in [0.1, 0.15) is 23.5 Å². The van der Waals surface area contributed by atoms with Crippen molar-refractivity contribution in [2.45, 2.75) is 16.8 Å². The van der Waals surface area contributed by atoms with Crippen molar-refractivity contribution in [3.8, 4) is 0 Å². The summed E-state index contributed by atoms with van der Waals surface area (Å²) in [6, 6.07) is 3.23. The molecule has 1 rings (SSSR count). The van der Waals surface area contributed by atoms with E-state index in [1.807, 2.05) is 6.92 Å². The van der Waals surface area contributed by atoms with Crippen molar-refractivity contribution in [2.75, 3.05) is 0 Å². The Morgan fingerprint density at radius 1 is 1.53 bits per heavy atom. The van der Waals surface area contributed by atoms with Crippen LogP contribution in [0.3, 0.4) is 0 Å². The molecule has 0 aliphatic rings. The van der Waals surface area contributed by atoms with Crippen LogP contribution < -0.4 is 0 Å². The molecule has 1 aromatic heterocycles. The van der Waals surface area contributed by atoms with Gasteiger partial charge in [-0.1, -0.05) is 47.8 Å². The predicted molar refractivity (Wildman–Crippen MR) is 59.1 cm³/mol. The molecular weight excluding hydrogens is 333 g/mol. The normalized spacial score (nSPS) is 13.1. The van der Waals surface area contributed by atoms with E-state index >= 15 is 0 Å². The smallest absolute Gasteiger partial charge is 0.255 e. The number of Topliss-reactive ketones (excluding diaryl/α,β-unsaturated/α-hetero) is 1. The molecule has 1 atom stereocenters. The Hall–Kier alpha value is 0.924. The Kier molecular flexibility index (Phi) is 6.39. The van der Waals surface area contributed by atoms with Gasteiger partial charge >= 0.3 is 0 Å². The van der Waals surface area contributed by atoms with E-state index < -0.39 is 9.58 Å². The fraction of sp³-hybridized carbons (Fsp3) is 0.333. The van der Waals surface area contributed by atoms with Crippen LogP contribution in [-0.4, -0.2) is 14.1 Å². The van der Waals surface area contributed by atoms with E-state index in [-0.39, 0.29) is 38.8 Å². The zero-order valence-electron chi connectivity index (χ0n) is 8.08. The van der Waals surface area contributed by atoms with Crippen LogP contribution in [0.25, 0.3) is 0 Å². The van der Waals surface area contributed by atoms with Gasteiger partial charge in [0.2, 0.25) is 5.78 Å². The van der Waals surface area contributed by atoms with Crippen LogP contribution in [0, 0.1) is 6.92 Å². The molecule has 1 aromatic rings. The van der Waals surface area contributed by atoms with Crippen LogP contribution in [0.2, 0.25) is 0 Å². The van der Waals surface area contributed by atoms with Gasteiger partial charge in [0.1, 0.15) is 0 Å². The third kappa shape index (κ3) is 4.01. The summed E-state index contributed by atoms with van der Waals surface area (Å²) in [5.41, 5.74) is 0.354. The van der Waals surface area contributed by atoms with Gasteiger partial charge in [-0.25, -0.2) is 0 Å². The van der Waals surface area contributed by atoms with E-state index in [9.17, 15) is 4.79 Å². The summed E-state index contributed by atoms with van der Waals surface area (Å²) in [7, 11) is 0. The Labute approximate surface area is 129 Å². The number of hydrogen-bond donors (Lipinski definition) is 0. The van der Waals surface area contributed by atoms with Gasteiger partial charge < -0.3 is 11.5 Å². The molecule has 0 saturated heterocycles. The van der Waals surface area contributed by atoms with Crippen LogP contribution in [0.5, 0.6) is 0 Å². The number of aromatic nitrogens is 1. The first kappa shape index (κ1) is 15.9. The molecule has 0 saturated carbocycles. The Morgan fingerprint density at radius 3 is 2.47 bits per heavy atom. The summed E-state index contributed by atoms with van der Waals surface area (Å²) in [6.07, 6.45) is 1.72. The van der Waals surface area contributed by atoms with E-state index in [0.717, 1.165) is 0 Å². The molecule has 1 heterocycles. The minimum absolute atomic E-state index is 0. The van der Waals surface area contributed by atoms with E-state index in [1.54, 1.807) is 22.9 Å². The van der Waals surface area contributed by atoms with Crippen molar-refractivity contribution < 1.29 is 37.5 Å². The standard InChI is InChI=1S/C9H9Cl3NO.Y/c1-6(2)13-5-3-4-7(13)8(14)9(10,11)12;/h3-6H,1H2,2H3;/q-1;. The number of rotatable bonds is 2. The van der Waals surface area contributed by atoms with Crippen molar-refractivity contribution in [3.05, 3.63) is 30.9 Å². The summed E-state index contributed by atoms with van der Waals surface area (Å²) in [5.74, 6) is -0.539. The summed E-state index contributed by atoms with van der Waals surface area (Å²) < 4.78 is -0.255. The van der Waals surface area contributed by atoms with Gasteiger partial charge in [0.05, 0.1) is 5.69 Å². The van der Waals surface area contributed by atoms with Crippen molar-refractivity contribution in [3.63, 3.8) is 0 Å². The average Bonchev–Trinajstić information content (AvgIpc) is 2.48. The molecule has 15 heavy (non-hydrogen) atoms. The Morgan fingerprint density at radius 2 is 2.07 bits per heavy atom. The SMILES string of the molecule is [CH2-]C(C)n1cccc1C(=O)C(Cl)(Cl)Cl.[Y]. The molecule has 0 bridgehead atoms. The van der Waals surface area contributed by atoms with Crippen LogP contribution in [0.4, 0.5) is 0 Å². The van der Waals surface area contributed by atoms with Gasteiger partial charge in [-0.2, -0.15) is 0 Å². The van der Waals surface area contributed by atoms with Crippen LogP contribution in [0.15, 0.2) is 18.3 Å². The number of ketones is 1. The largest absolute Gasteiger partial charge is 0.372 e. The number of carbonyl (C=O) groups is 1. The van der Waals surface area contributed by atoms with Crippen LogP contribution >= 0.6 is 34.8 Å². The molecule has 81 valence electrons. The monoisotopic (exact) mass is 341 g/mol. The topological polar surface area (TPSA) is 22.0 Å². The molecule has 0 N–H and O–H groups in total. The maximum atomic E-state index is 11.6. The van der Waals surface area contributed by atoms with Crippen molar-refractivity contribution >= 4 is 40.6 Å². The fourth-order valence-electron chi connectivity index (χ4n) is 1.12. The zero-order valence-corrected chi connectivity index (χ0v) is 13.2. The number of hydrogen-bond acceptors (Lipinski definition) is 1. The molecule has 6 heteroatoms. The third-order valence-electron chi connectivity index (χ3n) is 1.74. The fourth-order valence-corrected chi connectivity index (χ4v) is 1.41. The number of alkyl halides is 3. The Balaban J connectivity index is 0.00000196. The van der Waals surface area contributed by atoms with Crippen molar-refractivity contribution in [1.29, 1.82) is 0 Å². The molecule has 2 nitrogen and oxygen atoms in total. The van der Waals surface area contributed by atoms with Gasteiger partial charge in [0.25, 0.3) is 3.79 Å². The number of halogens is 3. The van der Waals surface area contributed by atoms with Gasteiger partial charge in [0.15, 0.2) is 0 Å². The van der Waals surface area contributed by atoms with Gasteiger partial charge in [-0.15, -0.1) is 0 Å². The molecular formula is C9H9Cl3NOY-. The number of nitrogens with zero attached hydrogens (tertiary/aromatic N) is 1.